The van der Waals surface area contributed by atoms with Gasteiger partial charge in [-0.3, -0.25) is 0 Å². The van der Waals surface area contributed by atoms with Gasteiger partial charge in [0.25, 0.3) is 6.43 Å². The van der Waals surface area contributed by atoms with E-state index in [0.717, 1.165) is 0 Å². The van der Waals surface area contributed by atoms with Crippen molar-refractivity contribution in [2.75, 3.05) is 6.54 Å². The Bertz CT molecular complexity index is 231. The van der Waals surface area contributed by atoms with E-state index < -0.39 is 17.9 Å². The molecule has 6 heteroatoms. The number of carboxylic acid groups (broad SMARTS) is 1. The van der Waals surface area contributed by atoms with Gasteiger partial charge in [0.15, 0.2) is 5.54 Å². The summed E-state index contributed by atoms with van der Waals surface area (Å²) in [6.07, 6.45) is -1.99. The van der Waals surface area contributed by atoms with Gasteiger partial charge in [0.05, 0.1) is 0 Å². The Morgan fingerprint density at radius 2 is 2.15 bits per heavy atom. The molecule has 5 N–H and O–H groups in total. The quantitative estimate of drug-likeness (QED) is 0.547. The first-order valence-corrected chi connectivity index (χ1v) is 3.55. The maximum absolute atomic E-state index is 12.3. The first-order chi connectivity index (χ1) is 5.87. The van der Waals surface area contributed by atoms with Gasteiger partial charge in [-0.25, -0.2) is 13.6 Å². The molecule has 0 aromatic carbocycles. The molecule has 0 amide bonds. The summed E-state index contributed by atoms with van der Waals surface area (Å²) in [6, 6.07) is 0. The van der Waals surface area contributed by atoms with E-state index in [1.807, 2.05) is 0 Å². The molecule has 13 heavy (non-hydrogen) atoms. The number of carboxylic acids is 1. The molecular weight excluding hydrogens is 182 g/mol. The van der Waals surface area contributed by atoms with Crippen LogP contribution in [0.1, 0.15) is 6.92 Å². The standard InChI is InChI=1S/C7H12F2N2O2/c1-4(2-3-10)7(11,5(8)9)6(12)13/h2,5H,3,10-11H2,1H3,(H,12,13)/b4-2+. The minimum atomic E-state index is -3.16. The average Bonchev–Trinajstić information content (AvgIpc) is 2.02. The van der Waals surface area contributed by atoms with E-state index >= 15 is 0 Å². The van der Waals surface area contributed by atoms with Crippen LogP contribution in [0, 0.1) is 0 Å². The van der Waals surface area contributed by atoms with Crippen LogP contribution in [0.15, 0.2) is 11.6 Å². The average molecular weight is 194 g/mol. The van der Waals surface area contributed by atoms with Crippen molar-refractivity contribution < 1.29 is 18.7 Å². The zero-order valence-electron chi connectivity index (χ0n) is 7.13. The number of nitrogens with two attached hydrogens (primary N) is 2. The molecule has 76 valence electrons. The van der Waals surface area contributed by atoms with Crippen molar-refractivity contribution in [3.8, 4) is 0 Å². The van der Waals surface area contributed by atoms with Crippen molar-refractivity contribution in [2.24, 2.45) is 11.5 Å². The molecule has 0 aromatic heterocycles. The molecular formula is C7H12F2N2O2. The van der Waals surface area contributed by atoms with Gasteiger partial charge >= 0.3 is 5.97 Å². The number of alkyl halides is 2. The van der Waals surface area contributed by atoms with E-state index in [0.29, 0.717) is 0 Å². The third-order valence-electron chi connectivity index (χ3n) is 1.77. The van der Waals surface area contributed by atoms with Crippen LogP contribution in [0.5, 0.6) is 0 Å². The van der Waals surface area contributed by atoms with Crippen LogP contribution in [0.4, 0.5) is 8.78 Å². The molecule has 1 unspecified atom stereocenters. The van der Waals surface area contributed by atoms with E-state index in [4.69, 9.17) is 16.6 Å². The van der Waals surface area contributed by atoms with Gasteiger partial charge in [-0.05, 0) is 12.5 Å². The molecule has 4 nitrogen and oxygen atoms in total. The first kappa shape index (κ1) is 12.0. The van der Waals surface area contributed by atoms with E-state index in [2.05, 4.69) is 0 Å². The third kappa shape index (κ3) is 2.22. The Balaban J connectivity index is 5.02. The molecule has 0 spiro atoms. The van der Waals surface area contributed by atoms with Gasteiger partial charge in [-0.15, -0.1) is 0 Å². The van der Waals surface area contributed by atoms with Crippen molar-refractivity contribution in [2.45, 2.75) is 18.9 Å². The largest absolute Gasteiger partial charge is 0.479 e. The lowest BCUT2D eigenvalue weighted by Crippen LogP contribution is -2.55. The summed E-state index contributed by atoms with van der Waals surface area (Å²) in [5.41, 5.74) is 7.33. The summed E-state index contributed by atoms with van der Waals surface area (Å²) in [7, 11) is 0. The van der Waals surface area contributed by atoms with Crippen molar-refractivity contribution in [1.82, 2.24) is 0 Å². The highest BCUT2D eigenvalue weighted by Crippen LogP contribution is 2.21. The van der Waals surface area contributed by atoms with Crippen LogP contribution < -0.4 is 11.5 Å². The van der Waals surface area contributed by atoms with Crippen molar-refractivity contribution in [3.63, 3.8) is 0 Å². The fourth-order valence-electron chi connectivity index (χ4n) is 0.780. The smallest absolute Gasteiger partial charge is 0.334 e. The number of hydrogen-bond acceptors (Lipinski definition) is 3. The van der Waals surface area contributed by atoms with Gasteiger partial charge in [0, 0.05) is 6.54 Å². The normalized spacial score (nSPS) is 17.2. The van der Waals surface area contributed by atoms with Gasteiger partial charge in [0.1, 0.15) is 0 Å². The van der Waals surface area contributed by atoms with Gasteiger partial charge in [-0.1, -0.05) is 6.08 Å². The summed E-state index contributed by atoms with van der Waals surface area (Å²) in [5, 5.41) is 8.51. The highest BCUT2D eigenvalue weighted by Gasteiger charge is 2.45. The predicted molar refractivity (Wildman–Crippen MR) is 43.4 cm³/mol. The lowest BCUT2D eigenvalue weighted by Gasteiger charge is -2.24. The molecule has 0 radical (unpaired) electrons. The molecule has 0 bridgehead atoms. The van der Waals surface area contributed by atoms with Crippen molar-refractivity contribution in [3.05, 3.63) is 11.6 Å². The lowest BCUT2D eigenvalue weighted by atomic mass is 9.92. The minimum Gasteiger partial charge on any atom is -0.479 e. The van der Waals surface area contributed by atoms with Gasteiger partial charge in [-0.2, -0.15) is 0 Å². The van der Waals surface area contributed by atoms with Crippen LogP contribution in [-0.4, -0.2) is 29.6 Å². The number of hydrogen-bond donors (Lipinski definition) is 3. The number of aliphatic carboxylic acids is 1. The summed E-state index contributed by atoms with van der Waals surface area (Å²) in [4.78, 5) is 10.5. The molecule has 0 rings (SSSR count). The maximum Gasteiger partial charge on any atom is 0.334 e. The molecule has 1 atom stereocenters. The SMILES string of the molecule is C/C(=C\CN)C(N)(C(=O)O)C(F)F. The Morgan fingerprint density at radius 1 is 1.69 bits per heavy atom. The molecule has 0 aliphatic rings. The second-order valence-electron chi connectivity index (χ2n) is 2.60. The van der Waals surface area contributed by atoms with Crippen LogP contribution in [0.25, 0.3) is 0 Å². The molecule has 0 aromatic rings. The van der Waals surface area contributed by atoms with E-state index in [9.17, 15) is 13.6 Å². The summed E-state index contributed by atoms with van der Waals surface area (Å²) in [5.74, 6) is -1.76. The zero-order chi connectivity index (χ0) is 10.6. The van der Waals surface area contributed by atoms with Crippen LogP contribution >= 0.6 is 0 Å². The van der Waals surface area contributed by atoms with Crippen LogP contribution in [-0.2, 0) is 4.79 Å². The number of halogens is 2. The molecule has 0 heterocycles. The Kier molecular flexibility index (Phi) is 3.96. The topological polar surface area (TPSA) is 89.3 Å². The highest BCUT2D eigenvalue weighted by atomic mass is 19.3. The van der Waals surface area contributed by atoms with Crippen LogP contribution in [0.3, 0.4) is 0 Å². The Hall–Kier alpha value is -1.01. The summed E-state index contributed by atoms with van der Waals surface area (Å²) < 4.78 is 24.6. The summed E-state index contributed by atoms with van der Waals surface area (Å²) >= 11 is 0. The molecule has 0 aliphatic carbocycles. The van der Waals surface area contributed by atoms with E-state index in [1.165, 1.54) is 13.0 Å². The highest BCUT2D eigenvalue weighted by molar-refractivity contribution is 5.83. The van der Waals surface area contributed by atoms with E-state index in [-0.39, 0.29) is 12.1 Å². The predicted octanol–water partition coefficient (Wildman–Crippen LogP) is -0.0614. The fourth-order valence-corrected chi connectivity index (χ4v) is 0.780. The second kappa shape index (κ2) is 4.29. The maximum atomic E-state index is 12.3. The molecule has 0 saturated heterocycles. The zero-order valence-corrected chi connectivity index (χ0v) is 7.13. The third-order valence-corrected chi connectivity index (χ3v) is 1.77. The van der Waals surface area contributed by atoms with Gasteiger partial charge in [0.2, 0.25) is 0 Å². The number of carbonyl (C=O) groups is 1. The minimum absolute atomic E-state index is 0.0230. The second-order valence-corrected chi connectivity index (χ2v) is 2.60. The fraction of sp³-hybridized carbons (Fsp3) is 0.571. The van der Waals surface area contributed by atoms with Gasteiger partial charge < -0.3 is 16.6 Å². The first-order valence-electron chi connectivity index (χ1n) is 3.55. The molecule has 0 aliphatic heterocycles. The lowest BCUT2D eigenvalue weighted by molar-refractivity contribution is -0.147. The van der Waals surface area contributed by atoms with Crippen molar-refractivity contribution in [1.29, 1.82) is 0 Å². The Morgan fingerprint density at radius 3 is 2.38 bits per heavy atom. The Labute approximate surface area is 74.2 Å². The van der Waals surface area contributed by atoms with Crippen molar-refractivity contribution >= 4 is 5.97 Å². The van der Waals surface area contributed by atoms with E-state index in [1.54, 1.807) is 0 Å². The molecule has 0 saturated carbocycles. The summed E-state index contributed by atoms with van der Waals surface area (Å²) in [6.45, 7) is 1.19. The molecule has 0 fully saturated rings. The number of rotatable bonds is 4. The monoisotopic (exact) mass is 194 g/mol. The van der Waals surface area contributed by atoms with Crippen LogP contribution in [0.2, 0.25) is 0 Å².